The maximum absolute atomic E-state index is 14.1. The van der Waals surface area contributed by atoms with Crippen LogP contribution in [0.15, 0.2) is 35.0 Å². The smallest absolute Gasteiger partial charge is 0.383 e. The average Bonchev–Trinajstić information content (AvgIpc) is 2.35. The Bertz CT molecular complexity index is 690. The van der Waals surface area contributed by atoms with Crippen LogP contribution in [0.5, 0.6) is 0 Å². The maximum atomic E-state index is 14.1. The SMILES string of the molecule is NC1=NC(N)(c2cccc(C(F)(F)F)c2F)NC=C1C(F)(F)F. The Morgan fingerprint density at radius 3 is 2.13 bits per heavy atom. The van der Waals surface area contributed by atoms with Gasteiger partial charge in [0.15, 0.2) is 0 Å². The molecule has 1 aliphatic rings. The molecular weight excluding hydrogens is 333 g/mol. The van der Waals surface area contributed by atoms with Gasteiger partial charge in [-0.2, -0.15) is 26.3 Å². The minimum absolute atomic E-state index is 0.335. The van der Waals surface area contributed by atoms with Crippen LogP contribution in [0.4, 0.5) is 30.7 Å². The molecule has 126 valence electrons. The molecule has 1 aliphatic heterocycles. The summed E-state index contributed by atoms with van der Waals surface area (Å²) in [5, 5.41) is 1.94. The Kier molecular flexibility index (Phi) is 3.79. The van der Waals surface area contributed by atoms with Gasteiger partial charge in [-0.1, -0.05) is 12.1 Å². The van der Waals surface area contributed by atoms with Crippen LogP contribution in [0.3, 0.4) is 0 Å². The molecule has 0 aromatic heterocycles. The van der Waals surface area contributed by atoms with Crippen molar-refractivity contribution in [2.24, 2.45) is 16.5 Å². The zero-order chi connectivity index (χ0) is 17.6. The number of alkyl halides is 6. The van der Waals surface area contributed by atoms with E-state index in [0.29, 0.717) is 12.3 Å². The van der Waals surface area contributed by atoms with Crippen molar-refractivity contribution in [1.29, 1.82) is 0 Å². The molecule has 0 amide bonds. The number of hydrogen-bond donors (Lipinski definition) is 3. The van der Waals surface area contributed by atoms with Crippen LogP contribution in [0, 0.1) is 5.82 Å². The molecule has 1 aromatic carbocycles. The van der Waals surface area contributed by atoms with Crippen molar-refractivity contribution in [2.45, 2.75) is 18.1 Å². The number of nitrogens with one attached hydrogen (secondary N) is 1. The van der Waals surface area contributed by atoms with Gasteiger partial charge in [0, 0.05) is 6.20 Å². The summed E-state index contributed by atoms with van der Waals surface area (Å²) in [4.78, 5) is 3.28. The van der Waals surface area contributed by atoms with Crippen molar-refractivity contribution in [3.63, 3.8) is 0 Å². The number of rotatable bonds is 1. The third kappa shape index (κ3) is 3.09. The lowest BCUT2D eigenvalue weighted by atomic mass is 10.0. The molecule has 5 N–H and O–H groups in total. The minimum Gasteiger partial charge on any atom is -0.383 e. The number of benzene rings is 1. The van der Waals surface area contributed by atoms with Gasteiger partial charge in [-0.3, -0.25) is 5.73 Å². The second-order valence-corrected chi connectivity index (χ2v) is 4.63. The molecule has 1 aromatic rings. The highest BCUT2D eigenvalue weighted by Crippen LogP contribution is 2.36. The van der Waals surface area contributed by atoms with Crippen molar-refractivity contribution in [2.75, 3.05) is 0 Å². The molecule has 23 heavy (non-hydrogen) atoms. The van der Waals surface area contributed by atoms with Gasteiger partial charge < -0.3 is 11.1 Å². The van der Waals surface area contributed by atoms with Gasteiger partial charge in [0.25, 0.3) is 0 Å². The van der Waals surface area contributed by atoms with Gasteiger partial charge in [0.1, 0.15) is 17.2 Å². The second-order valence-electron chi connectivity index (χ2n) is 4.63. The number of nitrogens with two attached hydrogens (primary N) is 2. The number of halogens is 7. The number of aliphatic imine (C=N–C) groups is 1. The Labute approximate surface area is 124 Å². The summed E-state index contributed by atoms with van der Waals surface area (Å²) in [5.74, 6) is -5.23. The lowest BCUT2D eigenvalue weighted by molar-refractivity contribution is -0.140. The Hall–Kier alpha value is -2.30. The standard InChI is InChI=1S/C12H9F7N4/c13-8-5(10(14,15)16)2-1-3-6(8)12(21)22-4-7(9(20)23-12)11(17,18)19/h1-4,22H,21H2,(H2,20,23). The summed E-state index contributed by atoms with van der Waals surface area (Å²) in [6.07, 6.45) is -9.52. The van der Waals surface area contributed by atoms with E-state index in [1.54, 1.807) is 0 Å². The highest BCUT2D eigenvalue weighted by molar-refractivity contribution is 5.99. The molecular formula is C12H9F7N4. The van der Waals surface area contributed by atoms with E-state index >= 15 is 0 Å². The van der Waals surface area contributed by atoms with Crippen molar-refractivity contribution in [3.8, 4) is 0 Å². The predicted octanol–water partition coefficient (Wildman–Crippen LogP) is 2.32. The fraction of sp³-hybridized carbons (Fsp3) is 0.250. The normalized spacial score (nSPS) is 22.3. The number of hydrogen-bond acceptors (Lipinski definition) is 4. The van der Waals surface area contributed by atoms with Gasteiger partial charge >= 0.3 is 12.4 Å². The lowest BCUT2D eigenvalue weighted by Crippen LogP contribution is -2.52. The van der Waals surface area contributed by atoms with E-state index < -0.39 is 46.5 Å². The van der Waals surface area contributed by atoms with Crippen LogP contribution < -0.4 is 16.8 Å². The Morgan fingerprint density at radius 2 is 1.65 bits per heavy atom. The zero-order valence-electron chi connectivity index (χ0n) is 11.1. The van der Waals surface area contributed by atoms with E-state index in [0.717, 1.165) is 12.1 Å². The molecule has 0 fully saturated rings. The van der Waals surface area contributed by atoms with E-state index in [1.807, 2.05) is 5.32 Å². The van der Waals surface area contributed by atoms with Crippen LogP contribution >= 0.6 is 0 Å². The molecule has 0 bridgehead atoms. The van der Waals surface area contributed by atoms with Crippen molar-refractivity contribution in [1.82, 2.24) is 5.32 Å². The first-order valence-corrected chi connectivity index (χ1v) is 5.92. The third-order valence-corrected chi connectivity index (χ3v) is 3.03. The molecule has 2 rings (SSSR count). The van der Waals surface area contributed by atoms with E-state index in [-0.39, 0.29) is 0 Å². The predicted molar refractivity (Wildman–Crippen MR) is 66.2 cm³/mol. The van der Waals surface area contributed by atoms with Crippen LogP contribution in [0.2, 0.25) is 0 Å². The molecule has 0 saturated carbocycles. The summed E-state index contributed by atoms with van der Waals surface area (Å²) in [5.41, 5.74) is 6.95. The van der Waals surface area contributed by atoms with Crippen LogP contribution in [0.25, 0.3) is 0 Å². The molecule has 0 aliphatic carbocycles. The van der Waals surface area contributed by atoms with Crippen molar-refractivity contribution >= 4 is 5.84 Å². The summed E-state index contributed by atoms with van der Waals surface area (Å²) in [6.45, 7) is 0. The summed E-state index contributed by atoms with van der Waals surface area (Å²) < 4.78 is 90.0. The quantitative estimate of drug-likeness (QED) is 0.686. The van der Waals surface area contributed by atoms with Gasteiger partial charge in [-0.05, 0) is 6.07 Å². The lowest BCUT2D eigenvalue weighted by Gasteiger charge is -2.31. The summed E-state index contributed by atoms with van der Waals surface area (Å²) >= 11 is 0. The third-order valence-electron chi connectivity index (χ3n) is 3.03. The maximum Gasteiger partial charge on any atom is 0.421 e. The first kappa shape index (κ1) is 17.1. The monoisotopic (exact) mass is 342 g/mol. The van der Waals surface area contributed by atoms with Crippen LogP contribution in [-0.4, -0.2) is 12.0 Å². The van der Waals surface area contributed by atoms with Gasteiger partial charge in [0.05, 0.1) is 11.1 Å². The van der Waals surface area contributed by atoms with E-state index in [1.165, 1.54) is 0 Å². The first-order chi connectivity index (χ1) is 10.4. The summed E-state index contributed by atoms with van der Waals surface area (Å²) in [6, 6.07) is 2.18. The van der Waals surface area contributed by atoms with Gasteiger partial charge in [-0.25, -0.2) is 9.38 Å². The fourth-order valence-electron chi connectivity index (χ4n) is 1.95. The topological polar surface area (TPSA) is 76.4 Å². The Balaban J connectivity index is 2.51. The van der Waals surface area contributed by atoms with Crippen molar-refractivity contribution < 1.29 is 30.7 Å². The molecule has 1 atom stereocenters. The number of nitrogens with zero attached hydrogens (tertiary/aromatic N) is 1. The summed E-state index contributed by atoms with van der Waals surface area (Å²) in [7, 11) is 0. The van der Waals surface area contributed by atoms with E-state index in [9.17, 15) is 30.7 Å². The fourth-order valence-corrected chi connectivity index (χ4v) is 1.95. The largest absolute Gasteiger partial charge is 0.421 e. The van der Waals surface area contributed by atoms with Crippen LogP contribution in [-0.2, 0) is 12.0 Å². The molecule has 0 radical (unpaired) electrons. The van der Waals surface area contributed by atoms with Crippen LogP contribution in [0.1, 0.15) is 11.1 Å². The molecule has 11 heteroatoms. The molecule has 1 heterocycles. The highest BCUT2D eigenvalue weighted by Gasteiger charge is 2.43. The minimum atomic E-state index is -5.01. The second kappa shape index (κ2) is 5.11. The van der Waals surface area contributed by atoms with E-state index in [4.69, 9.17) is 11.5 Å². The first-order valence-electron chi connectivity index (χ1n) is 5.92. The molecule has 0 saturated heterocycles. The van der Waals surface area contributed by atoms with E-state index in [2.05, 4.69) is 4.99 Å². The zero-order valence-corrected chi connectivity index (χ0v) is 11.1. The number of amidine groups is 1. The van der Waals surface area contributed by atoms with Crippen molar-refractivity contribution in [3.05, 3.63) is 46.9 Å². The molecule has 1 unspecified atom stereocenters. The molecule has 0 spiro atoms. The highest BCUT2D eigenvalue weighted by atomic mass is 19.4. The van der Waals surface area contributed by atoms with Gasteiger partial charge in [-0.15, -0.1) is 0 Å². The molecule has 4 nitrogen and oxygen atoms in total. The average molecular weight is 342 g/mol. The van der Waals surface area contributed by atoms with Gasteiger partial charge in [0.2, 0.25) is 5.79 Å². The Morgan fingerprint density at radius 1 is 1.04 bits per heavy atom.